The van der Waals surface area contributed by atoms with Crippen molar-refractivity contribution in [2.75, 3.05) is 0 Å². The Morgan fingerprint density at radius 3 is 2.52 bits per heavy atom. The van der Waals surface area contributed by atoms with E-state index in [0.29, 0.717) is 0 Å². The monoisotopic (exact) mass is 310 g/mol. The number of fused-ring (bicyclic) bond motifs is 1. The van der Waals surface area contributed by atoms with Crippen LogP contribution in [-0.2, 0) is 4.79 Å². The number of benzene rings is 1. The summed E-state index contributed by atoms with van der Waals surface area (Å²) in [5.74, 6) is -0.0109. The topological polar surface area (TPSA) is 46.5 Å². The number of aryl methyl sites for hydroxylation is 2. The molecule has 0 saturated carbocycles. The van der Waals surface area contributed by atoms with Crippen LogP contribution in [-0.4, -0.2) is 16.7 Å². The summed E-state index contributed by atoms with van der Waals surface area (Å²) >= 11 is 0. The molecule has 0 aliphatic carbocycles. The molecule has 2 rings (SSSR count). The molecule has 0 unspecified atom stereocenters. The van der Waals surface area contributed by atoms with Crippen molar-refractivity contribution in [3.63, 3.8) is 0 Å². The van der Waals surface area contributed by atoms with Crippen LogP contribution in [0.3, 0.4) is 0 Å². The standard InChI is InChI=1S/C20H22O3/c1-14-11-15(2)19-16(12-14)13-17(20(3,4)23-19)9-7-5-6-8-10-18(21)22/h5-13H,1-4H3,(H,21,22)/b6-5+,9-7+,10-8+. The minimum Gasteiger partial charge on any atom is -0.482 e. The van der Waals surface area contributed by atoms with E-state index in [0.717, 1.165) is 28.5 Å². The van der Waals surface area contributed by atoms with E-state index in [9.17, 15) is 4.79 Å². The molecule has 1 heterocycles. The Morgan fingerprint density at radius 1 is 1.13 bits per heavy atom. The highest BCUT2D eigenvalue weighted by Crippen LogP contribution is 2.38. The molecule has 3 nitrogen and oxygen atoms in total. The van der Waals surface area contributed by atoms with Crippen LogP contribution in [0.1, 0.15) is 30.5 Å². The largest absolute Gasteiger partial charge is 0.482 e. The Bertz CT molecular complexity index is 731. The molecule has 3 heteroatoms. The second kappa shape index (κ2) is 6.69. The highest BCUT2D eigenvalue weighted by atomic mass is 16.5. The smallest absolute Gasteiger partial charge is 0.328 e. The van der Waals surface area contributed by atoms with Crippen LogP contribution in [0, 0.1) is 13.8 Å². The molecule has 120 valence electrons. The molecule has 1 aliphatic rings. The fourth-order valence-electron chi connectivity index (χ4n) is 2.56. The van der Waals surface area contributed by atoms with Gasteiger partial charge in [0, 0.05) is 11.6 Å². The van der Waals surface area contributed by atoms with Crippen molar-refractivity contribution in [2.24, 2.45) is 0 Å². The molecule has 1 aliphatic heterocycles. The molecule has 0 radical (unpaired) electrons. The zero-order chi connectivity index (χ0) is 17.0. The van der Waals surface area contributed by atoms with Gasteiger partial charge in [-0.05, 0) is 51.0 Å². The van der Waals surface area contributed by atoms with Gasteiger partial charge in [0.15, 0.2) is 0 Å². The number of carbonyl (C=O) groups is 1. The van der Waals surface area contributed by atoms with Gasteiger partial charge in [0.05, 0.1) is 0 Å². The average Bonchev–Trinajstić information content (AvgIpc) is 2.43. The maximum absolute atomic E-state index is 10.4. The van der Waals surface area contributed by atoms with E-state index in [-0.39, 0.29) is 0 Å². The lowest BCUT2D eigenvalue weighted by Gasteiger charge is -2.33. The molecule has 0 bridgehead atoms. The Balaban J connectivity index is 2.26. The quantitative estimate of drug-likeness (QED) is 0.652. The molecule has 1 aromatic rings. The SMILES string of the molecule is Cc1cc(C)c2c(c1)C=C(/C=C/C=C/C=C/C(=O)O)C(C)(C)O2. The van der Waals surface area contributed by atoms with Crippen molar-refractivity contribution in [3.8, 4) is 5.75 Å². The summed E-state index contributed by atoms with van der Waals surface area (Å²) in [4.78, 5) is 10.4. The van der Waals surface area contributed by atoms with Gasteiger partial charge in [0.2, 0.25) is 0 Å². The van der Waals surface area contributed by atoms with Crippen molar-refractivity contribution >= 4 is 12.0 Å². The number of carboxylic acid groups (broad SMARTS) is 1. The van der Waals surface area contributed by atoms with E-state index in [1.807, 2.05) is 26.0 Å². The Morgan fingerprint density at radius 2 is 1.83 bits per heavy atom. The summed E-state index contributed by atoms with van der Waals surface area (Å²) in [6, 6.07) is 4.25. The van der Waals surface area contributed by atoms with Gasteiger partial charge >= 0.3 is 5.97 Å². The number of allylic oxidation sites excluding steroid dienone is 4. The van der Waals surface area contributed by atoms with Gasteiger partial charge in [-0.1, -0.05) is 42.0 Å². The van der Waals surface area contributed by atoms with Crippen LogP contribution in [0.4, 0.5) is 0 Å². The average molecular weight is 310 g/mol. The summed E-state index contributed by atoms with van der Waals surface area (Å²) in [7, 11) is 0. The van der Waals surface area contributed by atoms with Gasteiger partial charge in [-0.2, -0.15) is 0 Å². The molecule has 0 fully saturated rings. The predicted molar refractivity (Wildman–Crippen MR) is 93.7 cm³/mol. The summed E-state index contributed by atoms with van der Waals surface area (Å²) < 4.78 is 6.19. The van der Waals surface area contributed by atoms with Crippen LogP contribution < -0.4 is 4.74 Å². The lowest BCUT2D eigenvalue weighted by Crippen LogP contribution is -2.32. The van der Waals surface area contributed by atoms with Crippen molar-refractivity contribution in [1.82, 2.24) is 0 Å². The second-order valence-electron chi connectivity index (χ2n) is 6.15. The Hall–Kier alpha value is -2.55. The van der Waals surface area contributed by atoms with Gasteiger partial charge in [-0.25, -0.2) is 4.79 Å². The fraction of sp³-hybridized carbons (Fsp3) is 0.250. The van der Waals surface area contributed by atoms with Crippen LogP contribution >= 0.6 is 0 Å². The van der Waals surface area contributed by atoms with Gasteiger partial charge in [0.1, 0.15) is 11.4 Å². The number of carboxylic acids is 1. The van der Waals surface area contributed by atoms with Crippen molar-refractivity contribution in [3.05, 3.63) is 70.9 Å². The lowest BCUT2D eigenvalue weighted by molar-refractivity contribution is -0.131. The van der Waals surface area contributed by atoms with Gasteiger partial charge in [0.25, 0.3) is 0 Å². The number of hydrogen-bond donors (Lipinski definition) is 1. The number of ether oxygens (including phenoxy) is 1. The highest BCUT2D eigenvalue weighted by molar-refractivity contribution is 5.80. The summed E-state index contributed by atoms with van der Waals surface area (Å²) in [6.45, 7) is 8.22. The van der Waals surface area contributed by atoms with E-state index >= 15 is 0 Å². The van der Waals surface area contributed by atoms with Gasteiger partial charge < -0.3 is 9.84 Å². The third kappa shape index (κ3) is 4.22. The number of hydrogen-bond acceptors (Lipinski definition) is 2. The van der Waals surface area contributed by atoms with Gasteiger partial charge in [-0.3, -0.25) is 0 Å². The lowest BCUT2D eigenvalue weighted by atomic mass is 9.90. The Labute approximate surface area is 137 Å². The first-order chi connectivity index (χ1) is 10.8. The van der Waals surface area contributed by atoms with Crippen LogP contribution in [0.25, 0.3) is 6.08 Å². The molecule has 0 amide bonds. The maximum atomic E-state index is 10.4. The molecule has 1 N–H and O–H groups in total. The van der Waals surface area contributed by atoms with Crippen molar-refractivity contribution in [1.29, 1.82) is 0 Å². The van der Waals surface area contributed by atoms with Crippen LogP contribution in [0.5, 0.6) is 5.75 Å². The molecular weight excluding hydrogens is 288 g/mol. The predicted octanol–water partition coefficient (Wildman–Crippen LogP) is 4.61. The van der Waals surface area contributed by atoms with E-state index in [1.54, 1.807) is 12.2 Å². The van der Waals surface area contributed by atoms with E-state index < -0.39 is 11.6 Å². The molecule has 23 heavy (non-hydrogen) atoms. The van der Waals surface area contributed by atoms with Crippen LogP contribution in [0.2, 0.25) is 0 Å². The molecule has 0 atom stereocenters. The Kier molecular flexibility index (Phi) is 4.89. The highest BCUT2D eigenvalue weighted by Gasteiger charge is 2.29. The first kappa shape index (κ1) is 16.8. The molecule has 1 aromatic carbocycles. The molecule has 0 spiro atoms. The van der Waals surface area contributed by atoms with Crippen molar-refractivity contribution in [2.45, 2.75) is 33.3 Å². The number of rotatable bonds is 4. The first-order valence-electron chi connectivity index (χ1n) is 7.56. The molecule has 0 saturated heterocycles. The van der Waals surface area contributed by atoms with Crippen LogP contribution in [0.15, 0.2) is 54.2 Å². The zero-order valence-corrected chi connectivity index (χ0v) is 14.0. The number of aliphatic carboxylic acids is 1. The normalized spacial score (nSPS) is 16.6. The summed E-state index contributed by atoms with van der Waals surface area (Å²) in [6.07, 6.45) is 12.1. The molecule has 0 aromatic heterocycles. The van der Waals surface area contributed by atoms with E-state index in [2.05, 4.69) is 32.1 Å². The zero-order valence-electron chi connectivity index (χ0n) is 14.0. The maximum Gasteiger partial charge on any atom is 0.328 e. The fourth-order valence-corrected chi connectivity index (χ4v) is 2.56. The molecular formula is C20H22O3. The summed E-state index contributed by atoms with van der Waals surface area (Å²) in [5.41, 5.74) is 4.11. The van der Waals surface area contributed by atoms with E-state index in [1.165, 1.54) is 11.6 Å². The summed E-state index contributed by atoms with van der Waals surface area (Å²) in [5, 5.41) is 8.52. The minimum absolute atomic E-state index is 0.408. The van der Waals surface area contributed by atoms with Crippen molar-refractivity contribution < 1.29 is 14.6 Å². The minimum atomic E-state index is -0.953. The van der Waals surface area contributed by atoms with E-state index in [4.69, 9.17) is 9.84 Å². The second-order valence-corrected chi connectivity index (χ2v) is 6.15. The van der Waals surface area contributed by atoms with Gasteiger partial charge in [-0.15, -0.1) is 0 Å². The third-order valence-corrected chi connectivity index (χ3v) is 3.66. The first-order valence-corrected chi connectivity index (χ1v) is 7.56. The third-order valence-electron chi connectivity index (χ3n) is 3.66.